The van der Waals surface area contributed by atoms with Gasteiger partial charge in [0.25, 0.3) is 0 Å². The van der Waals surface area contributed by atoms with Gasteiger partial charge in [-0.2, -0.15) is 5.10 Å². The third-order valence-corrected chi connectivity index (χ3v) is 4.56. The summed E-state index contributed by atoms with van der Waals surface area (Å²) >= 11 is 0. The standard InChI is InChI=1S/C19H23N5/c1-13-10-14(2)24(23-13)16-7-5-6-15(11-16)20-12-19-21-17-8-3-4-9-18(17)22-19/h5-7,10-11,20H,3-4,8-9,12H2,1-2H3,(H,21,22). The number of aryl methyl sites for hydroxylation is 4. The van der Waals surface area contributed by atoms with Crippen LogP contribution in [-0.2, 0) is 19.4 Å². The van der Waals surface area contributed by atoms with Crippen molar-refractivity contribution in [3.8, 4) is 5.69 Å². The molecule has 5 heteroatoms. The third kappa shape index (κ3) is 2.94. The van der Waals surface area contributed by atoms with Gasteiger partial charge >= 0.3 is 0 Å². The molecule has 3 aromatic rings. The molecular formula is C19H23N5. The lowest BCUT2D eigenvalue weighted by Crippen LogP contribution is -2.03. The van der Waals surface area contributed by atoms with Crippen molar-refractivity contribution in [1.29, 1.82) is 0 Å². The van der Waals surface area contributed by atoms with Crippen molar-refractivity contribution in [2.24, 2.45) is 0 Å². The van der Waals surface area contributed by atoms with Gasteiger partial charge in [0, 0.05) is 17.1 Å². The zero-order valence-electron chi connectivity index (χ0n) is 14.3. The summed E-state index contributed by atoms with van der Waals surface area (Å²) in [5, 5.41) is 8.03. The van der Waals surface area contributed by atoms with E-state index in [1.54, 1.807) is 0 Å². The quantitative estimate of drug-likeness (QED) is 0.770. The summed E-state index contributed by atoms with van der Waals surface area (Å²) in [5.74, 6) is 1.03. The highest BCUT2D eigenvalue weighted by Crippen LogP contribution is 2.20. The molecular weight excluding hydrogens is 298 g/mol. The van der Waals surface area contributed by atoms with E-state index < -0.39 is 0 Å². The summed E-state index contributed by atoms with van der Waals surface area (Å²) in [6, 6.07) is 10.4. The van der Waals surface area contributed by atoms with Crippen LogP contribution in [0.5, 0.6) is 0 Å². The lowest BCUT2D eigenvalue weighted by Gasteiger charge is -2.09. The minimum Gasteiger partial charge on any atom is -0.378 e. The highest BCUT2D eigenvalue weighted by Gasteiger charge is 2.14. The van der Waals surface area contributed by atoms with Gasteiger partial charge in [0.2, 0.25) is 0 Å². The minimum absolute atomic E-state index is 0.716. The van der Waals surface area contributed by atoms with Gasteiger partial charge < -0.3 is 10.3 Å². The largest absolute Gasteiger partial charge is 0.378 e. The van der Waals surface area contributed by atoms with E-state index in [0.717, 1.165) is 41.4 Å². The number of hydrogen-bond acceptors (Lipinski definition) is 3. The van der Waals surface area contributed by atoms with Gasteiger partial charge in [0.1, 0.15) is 5.82 Å². The predicted octanol–water partition coefficient (Wildman–Crippen LogP) is 3.70. The van der Waals surface area contributed by atoms with Crippen LogP contribution in [0.4, 0.5) is 5.69 Å². The number of aromatic nitrogens is 4. The maximum atomic E-state index is 4.73. The molecule has 0 saturated heterocycles. The molecule has 1 aliphatic carbocycles. The Morgan fingerprint density at radius 1 is 1.17 bits per heavy atom. The van der Waals surface area contributed by atoms with Crippen LogP contribution in [0.3, 0.4) is 0 Å². The highest BCUT2D eigenvalue weighted by atomic mass is 15.3. The second kappa shape index (κ2) is 6.15. The summed E-state index contributed by atoms with van der Waals surface area (Å²) < 4.78 is 1.98. The SMILES string of the molecule is Cc1cc(C)n(-c2cccc(NCc3nc4c([nH]3)CCCC4)c2)n1. The fourth-order valence-electron chi connectivity index (χ4n) is 3.42. The number of anilines is 1. The average molecular weight is 321 g/mol. The summed E-state index contributed by atoms with van der Waals surface area (Å²) in [5.41, 5.74) is 6.91. The molecule has 5 nitrogen and oxygen atoms in total. The van der Waals surface area contributed by atoms with Gasteiger partial charge in [-0.1, -0.05) is 6.07 Å². The molecule has 4 rings (SSSR count). The lowest BCUT2D eigenvalue weighted by molar-refractivity contribution is 0.667. The van der Waals surface area contributed by atoms with E-state index in [2.05, 4.69) is 52.7 Å². The van der Waals surface area contributed by atoms with E-state index in [1.807, 2.05) is 11.6 Å². The predicted molar refractivity (Wildman–Crippen MR) is 95.6 cm³/mol. The Bertz CT molecular complexity index is 835. The molecule has 2 N–H and O–H groups in total. The fraction of sp³-hybridized carbons (Fsp3) is 0.368. The van der Waals surface area contributed by atoms with Gasteiger partial charge in [-0.3, -0.25) is 0 Å². The first-order valence-corrected chi connectivity index (χ1v) is 8.63. The van der Waals surface area contributed by atoms with Crippen LogP contribution < -0.4 is 5.32 Å². The molecule has 124 valence electrons. The number of benzene rings is 1. The molecule has 1 aromatic carbocycles. The Morgan fingerprint density at radius 3 is 2.83 bits per heavy atom. The molecule has 0 fully saturated rings. The van der Waals surface area contributed by atoms with Crippen LogP contribution in [0.2, 0.25) is 0 Å². The highest BCUT2D eigenvalue weighted by molar-refractivity contribution is 5.51. The number of nitrogens with one attached hydrogen (secondary N) is 2. The van der Waals surface area contributed by atoms with E-state index >= 15 is 0 Å². The number of imidazole rings is 1. The van der Waals surface area contributed by atoms with Crippen LogP contribution in [0.25, 0.3) is 5.69 Å². The van der Waals surface area contributed by atoms with E-state index in [1.165, 1.54) is 24.2 Å². The smallest absolute Gasteiger partial charge is 0.125 e. The average Bonchev–Trinajstić information content (AvgIpc) is 3.15. The van der Waals surface area contributed by atoms with Gasteiger partial charge in [0.05, 0.1) is 23.6 Å². The third-order valence-electron chi connectivity index (χ3n) is 4.56. The lowest BCUT2D eigenvalue weighted by atomic mass is 10.0. The van der Waals surface area contributed by atoms with Crippen molar-refractivity contribution in [2.75, 3.05) is 5.32 Å². The first kappa shape index (κ1) is 15.0. The molecule has 0 radical (unpaired) electrons. The summed E-state index contributed by atoms with van der Waals surface area (Å²) in [7, 11) is 0. The first-order valence-electron chi connectivity index (χ1n) is 8.63. The van der Waals surface area contributed by atoms with E-state index in [4.69, 9.17) is 4.98 Å². The van der Waals surface area contributed by atoms with Gasteiger partial charge in [-0.05, 0) is 63.8 Å². The molecule has 0 bridgehead atoms. The molecule has 2 heterocycles. The first-order chi connectivity index (χ1) is 11.7. The zero-order valence-corrected chi connectivity index (χ0v) is 14.3. The number of fused-ring (bicyclic) bond motifs is 1. The van der Waals surface area contributed by atoms with Crippen LogP contribution in [0, 0.1) is 13.8 Å². The van der Waals surface area contributed by atoms with E-state index in [0.29, 0.717) is 6.54 Å². The van der Waals surface area contributed by atoms with E-state index in [-0.39, 0.29) is 0 Å². The van der Waals surface area contributed by atoms with Crippen LogP contribution in [0.15, 0.2) is 30.3 Å². The van der Waals surface area contributed by atoms with Crippen molar-refractivity contribution in [1.82, 2.24) is 19.7 Å². The van der Waals surface area contributed by atoms with Crippen molar-refractivity contribution < 1.29 is 0 Å². The van der Waals surface area contributed by atoms with Gasteiger partial charge in [0.15, 0.2) is 0 Å². The summed E-state index contributed by atoms with van der Waals surface area (Å²) in [6.45, 7) is 4.81. The second-order valence-electron chi connectivity index (χ2n) is 6.56. The van der Waals surface area contributed by atoms with Crippen molar-refractivity contribution >= 4 is 5.69 Å². The van der Waals surface area contributed by atoms with Crippen LogP contribution in [0.1, 0.15) is 41.4 Å². The zero-order chi connectivity index (χ0) is 16.5. The van der Waals surface area contributed by atoms with Crippen molar-refractivity contribution in [3.63, 3.8) is 0 Å². The molecule has 24 heavy (non-hydrogen) atoms. The molecule has 0 atom stereocenters. The monoisotopic (exact) mass is 321 g/mol. The van der Waals surface area contributed by atoms with Crippen LogP contribution >= 0.6 is 0 Å². The molecule has 2 aromatic heterocycles. The van der Waals surface area contributed by atoms with Gasteiger partial charge in [-0.15, -0.1) is 0 Å². The van der Waals surface area contributed by atoms with Gasteiger partial charge in [-0.25, -0.2) is 9.67 Å². The molecule has 1 aliphatic rings. The van der Waals surface area contributed by atoms with Crippen molar-refractivity contribution in [3.05, 3.63) is 58.9 Å². The number of rotatable bonds is 4. The minimum atomic E-state index is 0.716. The van der Waals surface area contributed by atoms with E-state index in [9.17, 15) is 0 Å². The molecule has 0 aliphatic heterocycles. The Labute approximate surface area is 142 Å². The maximum absolute atomic E-state index is 4.73. The molecule has 0 saturated carbocycles. The topological polar surface area (TPSA) is 58.5 Å². The van der Waals surface area contributed by atoms with Crippen LogP contribution in [-0.4, -0.2) is 19.7 Å². The number of aromatic amines is 1. The normalized spacial score (nSPS) is 13.8. The number of H-pyrrole nitrogens is 1. The molecule has 0 amide bonds. The summed E-state index contributed by atoms with van der Waals surface area (Å²) in [4.78, 5) is 8.20. The number of hydrogen-bond donors (Lipinski definition) is 2. The Kier molecular flexibility index (Phi) is 3.84. The Balaban J connectivity index is 1.50. The van der Waals surface area contributed by atoms with Crippen molar-refractivity contribution in [2.45, 2.75) is 46.1 Å². The molecule has 0 spiro atoms. The summed E-state index contributed by atoms with van der Waals surface area (Å²) in [6.07, 6.45) is 4.77. The molecule has 0 unspecified atom stereocenters. The second-order valence-corrected chi connectivity index (χ2v) is 6.56. The Morgan fingerprint density at radius 2 is 2.04 bits per heavy atom. The Hall–Kier alpha value is -2.56. The fourth-order valence-corrected chi connectivity index (χ4v) is 3.42. The number of nitrogens with zero attached hydrogens (tertiary/aromatic N) is 3. The maximum Gasteiger partial charge on any atom is 0.125 e.